The van der Waals surface area contributed by atoms with Crippen LogP contribution in [0.5, 0.6) is 0 Å². The quantitative estimate of drug-likeness (QED) is 0.565. The molecular formula is C22H25NO4. The third-order valence-corrected chi connectivity index (χ3v) is 3.79. The van der Waals surface area contributed by atoms with E-state index in [4.69, 9.17) is 9.47 Å². The van der Waals surface area contributed by atoms with E-state index in [1.165, 1.54) is 0 Å². The summed E-state index contributed by atoms with van der Waals surface area (Å²) in [7, 11) is 0. The number of benzene rings is 2. The first-order valence-corrected chi connectivity index (χ1v) is 8.85. The van der Waals surface area contributed by atoms with Crippen molar-refractivity contribution in [2.75, 3.05) is 6.61 Å². The molecule has 0 aliphatic rings. The van der Waals surface area contributed by atoms with Crippen LogP contribution in [0.25, 0.3) is 0 Å². The summed E-state index contributed by atoms with van der Waals surface area (Å²) in [6, 6.07) is 18.0. The first kappa shape index (κ1) is 20.2. The van der Waals surface area contributed by atoms with Crippen LogP contribution < -0.4 is 5.32 Å². The van der Waals surface area contributed by atoms with E-state index in [0.717, 1.165) is 16.7 Å². The molecule has 2 aromatic rings. The minimum absolute atomic E-state index is 0.136. The Morgan fingerprint density at radius 2 is 1.52 bits per heavy atom. The molecule has 2 aromatic carbocycles. The summed E-state index contributed by atoms with van der Waals surface area (Å²) in [5.41, 5.74) is 2.85. The molecule has 5 nitrogen and oxygen atoms in total. The van der Waals surface area contributed by atoms with Gasteiger partial charge in [0.25, 0.3) is 0 Å². The summed E-state index contributed by atoms with van der Waals surface area (Å²) in [6.07, 6.45) is 1.49. The summed E-state index contributed by atoms with van der Waals surface area (Å²) in [5.74, 6) is -0.493. The average Bonchev–Trinajstić information content (AvgIpc) is 2.67. The zero-order valence-electron chi connectivity index (χ0n) is 15.7. The van der Waals surface area contributed by atoms with Crippen molar-refractivity contribution in [2.45, 2.75) is 32.9 Å². The second-order valence-corrected chi connectivity index (χ2v) is 6.36. The molecule has 0 aliphatic carbocycles. The molecule has 1 N–H and O–H groups in total. The Morgan fingerprint density at radius 1 is 0.926 bits per heavy atom. The van der Waals surface area contributed by atoms with Gasteiger partial charge in [-0.25, -0.2) is 9.59 Å². The summed E-state index contributed by atoms with van der Waals surface area (Å²) in [6.45, 7) is 4.16. The van der Waals surface area contributed by atoms with Crippen LogP contribution in [-0.4, -0.2) is 24.7 Å². The van der Waals surface area contributed by atoms with Crippen LogP contribution in [0.4, 0.5) is 4.79 Å². The monoisotopic (exact) mass is 367 g/mol. The maximum absolute atomic E-state index is 12.4. The van der Waals surface area contributed by atoms with E-state index in [2.05, 4.69) is 5.32 Å². The Bertz CT molecular complexity index is 752. The van der Waals surface area contributed by atoms with E-state index in [0.29, 0.717) is 6.42 Å². The van der Waals surface area contributed by atoms with Gasteiger partial charge in [0.1, 0.15) is 19.3 Å². The van der Waals surface area contributed by atoms with E-state index in [1.807, 2.05) is 80.6 Å². The van der Waals surface area contributed by atoms with Crippen molar-refractivity contribution in [3.63, 3.8) is 0 Å². The summed E-state index contributed by atoms with van der Waals surface area (Å²) in [5, 5.41) is 2.62. The van der Waals surface area contributed by atoms with Crippen molar-refractivity contribution in [2.24, 2.45) is 0 Å². The summed E-state index contributed by atoms with van der Waals surface area (Å²) in [4.78, 5) is 24.6. The molecule has 1 atom stereocenters. The molecule has 0 bridgehead atoms. The first-order valence-electron chi connectivity index (χ1n) is 8.85. The molecule has 0 heterocycles. The maximum Gasteiger partial charge on any atom is 0.408 e. The lowest BCUT2D eigenvalue weighted by Crippen LogP contribution is -2.43. The molecule has 0 saturated heterocycles. The van der Waals surface area contributed by atoms with E-state index in [1.54, 1.807) is 0 Å². The van der Waals surface area contributed by atoms with Crippen molar-refractivity contribution in [1.82, 2.24) is 5.32 Å². The average molecular weight is 367 g/mol. The predicted octanol–water partition coefficient (Wildman–Crippen LogP) is 4.03. The highest BCUT2D eigenvalue weighted by molar-refractivity contribution is 5.81. The fourth-order valence-corrected chi connectivity index (χ4v) is 2.34. The van der Waals surface area contributed by atoms with Gasteiger partial charge < -0.3 is 14.8 Å². The fraction of sp³-hybridized carbons (Fsp3) is 0.273. The molecule has 27 heavy (non-hydrogen) atoms. The molecule has 5 heteroatoms. The lowest BCUT2D eigenvalue weighted by molar-refractivity contribution is -0.144. The van der Waals surface area contributed by atoms with Gasteiger partial charge in [0.05, 0.1) is 0 Å². The second kappa shape index (κ2) is 10.8. The van der Waals surface area contributed by atoms with Gasteiger partial charge in [0.2, 0.25) is 0 Å². The normalized spacial score (nSPS) is 11.2. The van der Waals surface area contributed by atoms with E-state index in [-0.39, 0.29) is 13.2 Å². The van der Waals surface area contributed by atoms with Crippen LogP contribution in [-0.2, 0) is 27.3 Å². The van der Waals surface area contributed by atoms with Gasteiger partial charge in [-0.2, -0.15) is 0 Å². The van der Waals surface area contributed by atoms with Gasteiger partial charge in [-0.3, -0.25) is 0 Å². The molecule has 0 radical (unpaired) electrons. The second-order valence-electron chi connectivity index (χ2n) is 6.36. The van der Waals surface area contributed by atoms with Gasteiger partial charge in [-0.05, 0) is 31.1 Å². The molecule has 0 aliphatic heterocycles. The number of alkyl carbamates (subject to hydrolysis) is 1. The van der Waals surface area contributed by atoms with Crippen LogP contribution in [0.3, 0.4) is 0 Å². The number of nitrogens with one attached hydrogen (secondary N) is 1. The number of carbonyl (C=O) groups excluding carboxylic acids is 2. The molecule has 0 unspecified atom stereocenters. The highest BCUT2D eigenvalue weighted by atomic mass is 16.6. The Labute approximate surface area is 160 Å². The summed E-state index contributed by atoms with van der Waals surface area (Å²) < 4.78 is 10.5. The lowest BCUT2D eigenvalue weighted by Gasteiger charge is -2.17. The van der Waals surface area contributed by atoms with Gasteiger partial charge in [0.15, 0.2) is 0 Å². The molecule has 142 valence electrons. The molecule has 0 spiro atoms. The number of hydrogen-bond donors (Lipinski definition) is 1. The van der Waals surface area contributed by atoms with Gasteiger partial charge in [-0.15, -0.1) is 0 Å². The number of esters is 1. The van der Waals surface area contributed by atoms with Crippen LogP contribution in [0.15, 0.2) is 72.3 Å². The molecular weight excluding hydrogens is 342 g/mol. The SMILES string of the molecule is CC(C)=CCOC(=O)[C@H](Cc1ccccc1)NC(=O)OCc1ccccc1. The van der Waals surface area contributed by atoms with E-state index >= 15 is 0 Å². The van der Waals surface area contributed by atoms with Crippen molar-refractivity contribution < 1.29 is 19.1 Å². The van der Waals surface area contributed by atoms with Crippen molar-refractivity contribution >= 4 is 12.1 Å². The van der Waals surface area contributed by atoms with Crippen LogP contribution in [0.1, 0.15) is 25.0 Å². The van der Waals surface area contributed by atoms with Crippen LogP contribution in [0, 0.1) is 0 Å². The number of carbonyl (C=O) groups is 2. The minimum atomic E-state index is -0.818. The molecule has 0 saturated carbocycles. The van der Waals surface area contributed by atoms with Crippen molar-refractivity contribution in [3.05, 3.63) is 83.4 Å². The Morgan fingerprint density at radius 3 is 2.11 bits per heavy atom. The highest BCUT2D eigenvalue weighted by Gasteiger charge is 2.23. The molecule has 1 amide bonds. The van der Waals surface area contributed by atoms with Crippen molar-refractivity contribution in [1.29, 1.82) is 0 Å². The smallest absolute Gasteiger partial charge is 0.408 e. The number of hydrogen-bond acceptors (Lipinski definition) is 4. The van der Waals surface area contributed by atoms with Gasteiger partial charge in [-0.1, -0.05) is 66.2 Å². The standard InChI is InChI=1S/C22H25NO4/c1-17(2)13-14-26-21(24)20(15-18-9-5-3-6-10-18)23-22(25)27-16-19-11-7-4-8-12-19/h3-13,20H,14-16H2,1-2H3,(H,23,25)/t20-/m0/s1. The van der Waals surface area contributed by atoms with Gasteiger partial charge >= 0.3 is 12.1 Å². The largest absolute Gasteiger partial charge is 0.460 e. The molecule has 0 aromatic heterocycles. The Hall–Kier alpha value is -3.08. The maximum atomic E-state index is 12.4. The van der Waals surface area contributed by atoms with Crippen molar-refractivity contribution in [3.8, 4) is 0 Å². The summed E-state index contributed by atoms with van der Waals surface area (Å²) >= 11 is 0. The lowest BCUT2D eigenvalue weighted by atomic mass is 10.1. The third-order valence-electron chi connectivity index (χ3n) is 3.79. The van der Waals surface area contributed by atoms with Gasteiger partial charge in [0, 0.05) is 6.42 Å². The number of amides is 1. The zero-order valence-corrected chi connectivity index (χ0v) is 15.7. The fourth-order valence-electron chi connectivity index (χ4n) is 2.34. The topological polar surface area (TPSA) is 64.6 Å². The number of rotatable bonds is 8. The Balaban J connectivity index is 1.96. The van der Waals surface area contributed by atoms with Crippen LogP contribution in [0.2, 0.25) is 0 Å². The zero-order chi connectivity index (χ0) is 19.5. The predicted molar refractivity (Wildman–Crippen MR) is 104 cm³/mol. The van der Waals surface area contributed by atoms with E-state index < -0.39 is 18.1 Å². The Kier molecular flexibility index (Phi) is 8.10. The number of allylic oxidation sites excluding steroid dienone is 1. The number of ether oxygens (including phenoxy) is 2. The minimum Gasteiger partial charge on any atom is -0.460 e. The molecule has 0 fully saturated rings. The first-order chi connectivity index (χ1) is 13.0. The molecule has 2 rings (SSSR count). The van der Waals surface area contributed by atoms with E-state index in [9.17, 15) is 9.59 Å². The van der Waals surface area contributed by atoms with Crippen LogP contribution >= 0.6 is 0 Å². The highest BCUT2D eigenvalue weighted by Crippen LogP contribution is 2.07. The third kappa shape index (κ3) is 7.77.